The van der Waals surface area contributed by atoms with E-state index in [0.29, 0.717) is 11.4 Å². The van der Waals surface area contributed by atoms with E-state index >= 15 is 0 Å². The summed E-state index contributed by atoms with van der Waals surface area (Å²) in [4.78, 5) is 11.7. The van der Waals surface area contributed by atoms with Crippen molar-refractivity contribution >= 4 is 17.2 Å². The molecule has 1 aromatic rings. The second-order valence-electron chi connectivity index (χ2n) is 1.91. The smallest absolute Gasteiger partial charge is 0.266 e. The fraction of sp³-hybridized carbons (Fsp3) is 0.125. The van der Waals surface area contributed by atoms with Gasteiger partial charge in [-0.2, -0.15) is 0 Å². The second kappa shape index (κ2) is 3.93. The Morgan fingerprint density at radius 2 is 2.64 bits per heavy atom. The van der Waals surface area contributed by atoms with Gasteiger partial charge in [0.05, 0.1) is 11.4 Å². The second-order valence-corrected chi connectivity index (χ2v) is 2.86. The molecule has 11 heavy (non-hydrogen) atoms. The third kappa shape index (κ3) is 2.20. The minimum Gasteiger partial charge on any atom is -0.266 e. The molecule has 1 aromatic heterocycles. The van der Waals surface area contributed by atoms with Gasteiger partial charge in [-0.15, -0.1) is 17.9 Å². The highest BCUT2D eigenvalue weighted by Gasteiger charge is 2.04. The molecule has 1 radical (unpaired) electrons. The van der Waals surface area contributed by atoms with E-state index in [2.05, 4.69) is 11.9 Å². The van der Waals surface area contributed by atoms with E-state index in [-0.39, 0.29) is 5.91 Å². The van der Waals surface area contributed by atoms with Gasteiger partial charge in [0.25, 0.3) is 5.91 Å². The lowest BCUT2D eigenvalue weighted by Gasteiger charge is -1.92. The summed E-state index contributed by atoms with van der Waals surface area (Å²) in [6.45, 7) is 3.87. The third-order valence-electron chi connectivity index (χ3n) is 1.10. The molecule has 0 bridgehead atoms. The Morgan fingerprint density at radius 3 is 3.18 bits per heavy atom. The molecular weight excluding hydrogens is 158 g/mol. The first-order valence-electron chi connectivity index (χ1n) is 3.21. The number of amides is 1. The predicted molar refractivity (Wildman–Crippen MR) is 45.8 cm³/mol. The van der Waals surface area contributed by atoms with Crippen LogP contribution in [0.5, 0.6) is 0 Å². The largest absolute Gasteiger partial charge is 0.282 e. The monoisotopic (exact) mass is 166 g/mol. The first-order valence-corrected chi connectivity index (χ1v) is 4.09. The van der Waals surface area contributed by atoms with Crippen LogP contribution in [0.2, 0.25) is 0 Å². The van der Waals surface area contributed by atoms with Crippen molar-refractivity contribution in [2.45, 2.75) is 0 Å². The number of thiophene rings is 1. The van der Waals surface area contributed by atoms with E-state index in [4.69, 9.17) is 0 Å². The van der Waals surface area contributed by atoms with Crippen molar-refractivity contribution in [3.05, 3.63) is 35.0 Å². The fourth-order valence-electron chi connectivity index (χ4n) is 0.626. The average Bonchev–Trinajstić information content (AvgIpc) is 2.52. The SMILES string of the molecule is C=CC[N]C(=O)c1cccs1. The molecule has 0 aromatic carbocycles. The van der Waals surface area contributed by atoms with Gasteiger partial charge in [-0.05, 0) is 11.4 Å². The highest BCUT2D eigenvalue weighted by Crippen LogP contribution is 2.07. The normalized spacial score (nSPS) is 9.09. The highest BCUT2D eigenvalue weighted by molar-refractivity contribution is 7.12. The van der Waals surface area contributed by atoms with Gasteiger partial charge in [-0.3, -0.25) is 4.79 Å². The summed E-state index contributed by atoms with van der Waals surface area (Å²) >= 11 is 1.40. The zero-order valence-electron chi connectivity index (χ0n) is 5.99. The van der Waals surface area contributed by atoms with E-state index in [1.807, 2.05) is 11.4 Å². The lowest BCUT2D eigenvalue weighted by Crippen LogP contribution is -2.13. The number of hydrogen-bond acceptors (Lipinski definition) is 2. The lowest BCUT2D eigenvalue weighted by molar-refractivity contribution is 0.0957. The Labute approximate surface area is 69.6 Å². The number of nitrogens with zero attached hydrogens (tertiary/aromatic N) is 1. The quantitative estimate of drug-likeness (QED) is 0.628. The van der Waals surface area contributed by atoms with Gasteiger partial charge in [0.2, 0.25) is 0 Å². The summed E-state index contributed by atoms with van der Waals surface area (Å²) in [5.41, 5.74) is 0. The average molecular weight is 166 g/mol. The topological polar surface area (TPSA) is 31.2 Å². The van der Waals surface area contributed by atoms with E-state index in [1.54, 1.807) is 12.1 Å². The zero-order valence-corrected chi connectivity index (χ0v) is 6.80. The van der Waals surface area contributed by atoms with Crippen LogP contribution in [0.3, 0.4) is 0 Å². The minimum absolute atomic E-state index is 0.153. The van der Waals surface area contributed by atoms with Crippen molar-refractivity contribution in [2.75, 3.05) is 6.54 Å². The molecule has 1 amide bonds. The Balaban J connectivity index is 2.49. The zero-order chi connectivity index (χ0) is 8.10. The predicted octanol–water partition coefficient (Wildman–Crippen LogP) is 1.68. The van der Waals surface area contributed by atoms with Crippen molar-refractivity contribution in [3.8, 4) is 0 Å². The summed E-state index contributed by atoms with van der Waals surface area (Å²) in [5.74, 6) is -0.153. The highest BCUT2D eigenvalue weighted by atomic mass is 32.1. The van der Waals surface area contributed by atoms with Crippen LogP contribution < -0.4 is 5.32 Å². The van der Waals surface area contributed by atoms with Crippen molar-refractivity contribution in [3.63, 3.8) is 0 Å². The maximum Gasteiger partial charge on any atom is 0.282 e. The van der Waals surface area contributed by atoms with Crippen molar-refractivity contribution in [1.82, 2.24) is 5.32 Å². The van der Waals surface area contributed by atoms with Crippen LogP contribution in [0.1, 0.15) is 9.67 Å². The standard InChI is InChI=1S/C8H8NOS/c1-2-5-9-8(10)7-4-3-6-11-7/h2-4,6H,1,5H2. The van der Waals surface area contributed by atoms with Gasteiger partial charge < -0.3 is 0 Å². The molecule has 0 aliphatic heterocycles. The van der Waals surface area contributed by atoms with Crippen molar-refractivity contribution in [2.24, 2.45) is 0 Å². The molecule has 57 valence electrons. The van der Waals surface area contributed by atoms with Crippen LogP contribution >= 0.6 is 11.3 Å². The van der Waals surface area contributed by atoms with E-state index in [9.17, 15) is 4.79 Å². The molecule has 0 N–H and O–H groups in total. The third-order valence-corrected chi connectivity index (χ3v) is 1.95. The van der Waals surface area contributed by atoms with Crippen molar-refractivity contribution in [1.29, 1.82) is 0 Å². The van der Waals surface area contributed by atoms with Gasteiger partial charge in [-0.25, -0.2) is 5.32 Å². The Morgan fingerprint density at radius 1 is 1.82 bits per heavy atom. The Kier molecular flexibility index (Phi) is 2.86. The molecule has 0 unspecified atom stereocenters. The fourth-order valence-corrected chi connectivity index (χ4v) is 1.25. The van der Waals surface area contributed by atoms with Crippen LogP contribution in [0.25, 0.3) is 0 Å². The van der Waals surface area contributed by atoms with Crippen molar-refractivity contribution < 1.29 is 4.79 Å². The molecule has 0 atom stereocenters. The summed E-state index contributed by atoms with van der Waals surface area (Å²) in [6.07, 6.45) is 1.60. The van der Waals surface area contributed by atoms with Crippen LogP contribution in [0.4, 0.5) is 0 Å². The maximum absolute atomic E-state index is 11.1. The van der Waals surface area contributed by atoms with Crippen LogP contribution in [-0.4, -0.2) is 12.5 Å². The number of hydrogen-bond donors (Lipinski definition) is 0. The minimum atomic E-state index is -0.153. The Bertz CT molecular complexity index is 241. The van der Waals surface area contributed by atoms with Crippen LogP contribution in [-0.2, 0) is 0 Å². The maximum atomic E-state index is 11.1. The summed E-state index contributed by atoms with van der Waals surface area (Å²) in [7, 11) is 0. The summed E-state index contributed by atoms with van der Waals surface area (Å²) in [5, 5.41) is 5.60. The lowest BCUT2D eigenvalue weighted by atomic mass is 10.4. The molecule has 0 aliphatic rings. The van der Waals surface area contributed by atoms with Gasteiger partial charge >= 0.3 is 0 Å². The van der Waals surface area contributed by atoms with Crippen LogP contribution in [0.15, 0.2) is 30.2 Å². The van der Waals surface area contributed by atoms with E-state index in [0.717, 1.165) is 0 Å². The molecule has 0 saturated heterocycles. The summed E-state index contributed by atoms with van der Waals surface area (Å²) < 4.78 is 0. The van der Waals surface area contributed by atoms with Crippen LogP contribution in [0, 0.1) is 0 Å². The molecular formula is C8H8NOS. The number of carbonyl (C=O) groups is 1. The van der Waals surface area contributed by atoms with E-state index in [1.165, 1.54) is 11.3 Å². The molecule has 0 aliphatic carbocycles. The molecule has 1 rings (SSSR count). The first-order chi connectivity index (χ1) is 5.34. The van der Waals surface area contributed by atoms with Gasteiger partial charge in [0.15, 0.2) is 0 Å². The first kappa shape index (κ1) is 8.01. The molecule has 3 heteroatoms. The molecule has 1 heterocycles. The number of carbonyl (C=O) groups excluding carboxylic acids is 1. The molecule has 0 saturated carbocycles. The van der Waals surface area contributed by atoms with Gasteiger partial charge in [0.1, 0.15) is 0 Å². The van der Waals surface area contributed by atoms with Gasteiger partial charge in [0, 0.05) is 0 Å². The number of rotatable bonds is 3. The van der Waals surface area contributed by atoms with Gasteiger partial charge in [-0.1, -0.05) is 12.1 Å². The molecule has 2 nitrogen and oxygen atoms in total. The van der Waals surface area contributed by atoms with E-state index < -0.39 is 0 Å². The summed E-state index contributed by atoms with van der Waals surface area (Å²) in [6, 6.07) is 3.60. The molecule has 0 spiro atoms. The Hall–Kier alpha value is -1.09. The molecule has 0 fully saturated rings.